The van der Waals surface area contributed by atoms with Crippen molar-refractivity contribution in [1.29, 1.82) is 0 Å². The van der Waals surface area contributed by atoms with Gasteiger partial charge in [0, 0.05) is 30.2 Å². The Labute approximate surface area is 232 Å². The number of hydrogen-bond acceptors (Lipinski definition) is 4. The van der Waals surface area contributed by atoms with Crippen molar-refractivity contribution < 1.29 is 9.59 Å². The summed E-state index contributed by atoms with van der Waals surface area (Å²) in [6, 6.07) is 27.5. The minimum atomic E-state index is -0.239. The van der Waals surface area contributed by atoms with E-state index in [1.54, 1.807) is 0 Å². The lowest BCUT2D eigenvalue weighted by Crippen LogP contribution is -2.49. The van der Waals surface area contributed by atoms with Crippen molar-refractivity contribution in [3.63, 3.8) is 0 Å². The van der Waals surface area contributed by atoms with Gasteiger partial charge in [0.15, 0.2) is 4.96 Å². The summed E-state index contributed by atoms with van der Waals surface area (Å²) < 4.78 is 1.82. The monoisotopic (exact) mass is 536 g/mol. The SMILES string of the molecule is Cc1nc2sccn2c1C(=O)NC[C@@H](C(C)C)N(Cc1ccccc1)C(=O)c1ccccc1-c1ccccc1. The van der Waals surface area contributed by atoms with Gasteiger partial charge in [0.25, 0.3) is 11.8 Å². The molecule has 0 spiro atoms. The van der Waals surface area contributed by atoms with Gasteiger partial charge in [-0.2, -0.15) is 0 Å². The maximum Gasteiger partial charge on any atom is 0.270 e. The third-order valence-electron chi connectivity index (χ3n) is 6.99. The van der Waals surface area contributed by atoms with Gasteiger partial charge in [0.05, 0.1) is 11.7 Å². The van der Waals surface area contributed by atoms with Crippen molar-refractivity contribution in [1.82, 2.24) is 19.6 Å². The number of carbonyl (C=O) groups is 2. The van der Waals surface area contributed by atoms with Crippen molar-refractivity contribution in [2.75, 3.05) is 6.54 Å². The number of hydrogen-bond donors (Lipinski definition) is 1. The second-order valence-electron chi connectivity index (χ2n) is 9.95. The first kappa shape index (κ1) is 26.4. The van der Waals surface area contributed by atoms with Crippen LogP contribution in [0.2, 0.25) is 0 Å². The molecule has 198 valence electrons. The summed E-state index contributed by atoms with van der Waals surface area (Å²) in [5, 5.41) is 5.04. The molecule has 2 aromatic heterocycles. The Balaban J connectivity index is 1.48. The molecular weight excluding hydrogens is 504 g/mol. The molecule has 0 fully saturated rings. The molecule has 1 N–H and O–H groups in total. The Hall–Kier alpha value is -4.23. The van der Waals surface area contributed by atoms with E-state index in [2.05, 4.69) is 24.1 Å². The Morgan fingerprint density at radius 3 is 2.33 bits per heavy atom. The van der Waals surface area contributed by atoms with Crippen LogP contribution in [0.4, 0.5) is 0 Å². The molecule has 3 aromatic carbocycles. The first-order valence-corrected chi connectivity index (χ1v) is 14.0. The predicted molar refractivity (Wildman–Crippen MR) is 157 cm³/mol. The van der Waals surface area contributed by atoms with Crippen molar-refractivity contribution in [2.45, 2.75) is 33.4 Å². The molecule has 0 aliphatic heterocycles. The standard InChI is InChI=1S/C32H32N4O2S/c1-22(2)28(20-33-30(37)29-23(3)34-32-35(29)18-19-39-32)36(21-24-12-6-4-7-13-24)31(38)27-17-11-10-16-26(27)25-14-8-5-9-15-25/h4-19,22,28H,20-21H2,1-3H3,(H,33,37)/t28-/m0/s1. The van der Waals surface area contributed by atoms with Gasteiger partial charge >= 0.3 is 0 Å². The number of nitrogens with one attached hydrogen (secondary N) is 1. The van der Waals surface area contributed by atoms with E-state index in [-0.39, 0.29) is 23.8 Å². The number of aryl methyl sites for hydroxylation is 1. The third kappa shape index (κ3) is 5.64. The third-order valence-corrected chi connectivity index (χ3v) is 7.75. The van der Waals surface area contributed by atoms with Crippen molar-refractivity contribution in [3.05, 3.63) is 119 Å². The van der Waals surface area contributed by atoms with E-state index in [0.717, 1.165) is 21.7 Å². The van der Waals surface area contributed by atoms with Crippen LogP contribution in [-0.4, -0.2) is 38.7 Å². The molecule has 1 atom stereocenters. The number of amides is 2. The number of thiazole rings is 1. The highest BCUT2D eigenvalue weighted by atomic mass is 32.1. The largest absolute Gasteiger partial charge is 0.349 e. The van der Waals surface area contributed by atoms with Crippen LogP contribution in [-0.2, 0) is 6.54 Å². The van der Waals surface area contributed by atoms with Crippen LogP contribution in [0.15, 0.2) is 96.5 Å². The van der Waals surface area contributed by atoms with Gasteiger partial charge in [-0.15, -0.1) is 11.3 Å². The molecule has 0 radical (unpaired) electrons. The maximum absolute atomic E-state index is 14.4. The van der Waals surface area contributed by atoms with E-state index in [0.29, 0.717) is 30.0 Å². The van der Waals surface area contributed by atoms with Crippen LogP contribution in [0.3, 0.4) is 0 Å². The number of aromatic nitrogens is 2. The topological polar surface area (TPSA) is 66.7 Å². The van der Waals surface area contributed by atoms with Gasteiger partial charge in [0.1, 0.15) is 5.69 Å². The quantitative estimate of drug-likeness (QED) is 0.235. The van der Waals surface area contributed by atoms with Gasteiger partial charge in [-0.3, -0.25) is 14.0 Å². The lowest BCUT2D eigenvalue weighted by atomic mass is 9.96. The van der Waals surface area contributed by atoms with Crippen LogP contribution in [0.5, 0.6) is 0 Å². The molecular formula is C32H32N4O2S. The Morgan fingerprint density at radius 2 is 1.62 bits per heavy atom. The van der Waals surface area contributed by atoms with Crippen molar-refractivity contribution >= 4 is 28.1 Å². The fourth-order valence-electron chi connectivity index (χ4n) is 4.97. The van der Waals surface area contributed by atoms with E-state index in [1.165, 1.54) is 11.3 Å². The highest BCUT2D eigenvalue weighted by Crippen LogP contribution is 2.27. The lowest BCUT2D eigenvalue weighted by molar-refractivity contribution is 0.0593. The summed E-state index contributed by atoms with van der Waals surface area (Å²) in [5.74, 6) is -0.164. The fourth-order valence-corrected chi connectivity index (χ4v) is 5.73. The molecule has 2 amide bonds. The summed E-state index contributed by atoms with van der Waals surface area (Å²) in [4.78, 5) is 34.9. The number of imidazole rings is 1. The van der Waals surface area contributed by atoms with E-state index >= 15 is 0 Å². The average molecular weight is 537 g/mol. The molecule has 0 saturated heterocycles. The molecule has 39 heavy (non-hydrogen) atoms. The molecule has 0 unspecified atom stereocenters. The first-order valence-electron chi connectivity index (χ1n) is 13.1. The van der Waals surface area contributed by atoms with E-state index in [1.807, 2.05) is 113 Å². The molecule has 0 saturated carbocycles. The van der Waals surface area contributed by atoms with Crippen LogP contribution in [0.25, 0.3) is 16.1 Å². The summed E-state index contributed by atoms with van der Waals surface area (Å²) in [6.07, 6.45) is 1.86. The van der Waals surface area contributed by atoms with Gasteiger partial charge in [-0.25, -0.2) is 4.98 Å². The molecule has 0 bridgehead atoms. The number of nitrogens with zero attached hydrogens (tertiary/aromatic N) is 3. The summed E-state index contributed by atoms with van der Waals surface area (Å²) in [5.41, 5.74) is 4.78. The normalized spacial score (nSPS) is 12.0. The minimum absolute atomic E-state index is 0.0630. The lowest BCUT2D eigenvalue weighted by Gasteiger charge is -2.35. The molecule has 7 heteroatoms. The molecule has 0 aliphatic rings. The number of rotatable bonds is 9. The van der Waals surface area contributed by atoms with Crippen LogP contribution >= 0.6 is 11.3 Å². The van der Waals surface area contributed by atoms with E-state index in [9.17, 15) is 9.59 Å². The molecule has 6 nitrogen and oxygen atoms in total. The summed E-state index contributed by atoms with van der Waals surface area (Å²) in [7, 11) is 0. The average Bonchev–Trinajstić information content (AvgIpc) is 3.53. The highest BCUT2D eigenvalue weighted by Gasteiger charge is 2.30. The second kappa shape index (κ2) is 11.7. The molecule has 5 rings (SSSR count). The highest BCUT2D eigenvalue weighted by molar-refractivity contribution is 7.15. The van der Waals surface area contributed by atoms with Gasteiger partial charge < -0.3 is 10.2 Å². The smallest absolute Gasteiger partial charge is 0.270 e. The fraction of sp³-hybridized carbons (Fsp3) is 0.219. The number of benzene rings is 3. The van der Waals surface area contributed by atoms with Crippen LogP contribution in [0.1, 0.15) is 46.0 Å². The minimum Gasteiger partial charge on any atom is -0.349 e. The molecule has 0 aliphatic carbocycles. The predicted octanol–water partition coefficient (Wildman–Crippen LogP) is 6.47. The van der Waals surface area contributed by atoms with Crippen molar-refractivity contribution in [2.24, 2.45) is 5.92 Å². The van der Waals surface area contributed by atoms with Gasteiger partial charge in [-0.1, -0.05) is 92.7 Å². The van der Waals surface area contributed by atoms with Crippen molar-refractivity contribution in [3.8, 4) is 11.1 Å². The molecule has 5 aromatic rings. The van der Waals surface area contributed by atoms with Crippen LogP contribution in [0, 0.1) is 12.8 Å². The van der Waals surface area contributed by atoms with E-state index < -0.39 is 0 Å². The summed E-state index contributed by atoms with van der Waals surface area (Å²) in [6.45, 7) is 6.78. The zero-order chi connectivity index (χ0) is 27.4. The Morgan fingerprint density at radius 1 is 0.949 bits per heavy atom. The number of fused-ring (bicyclic) bond motifs is 1. The molecule has 2 heterocycles. The Kier molecular flexibility index (Phi) is 7.89. The zero-order valence-corrected chi connectivity index (χ0v) is 23.2. The van der Waals surface area contributed by atoms with Gasteiger partial charge in [0.2, 0.25) is 0 Å². The van der Waals surface area contributed by atoms with Gasteiger partial charge in [-0.05, 0) is 35.6 Å². The summed E-state index contributed by atoms with van der Waals surface area (Å²) >= 11 is 1.50. The van der Waals surface area contributed by atoms with E-state index in [4.69, 9.17) is 0 Å². The number of carbonyl (C=O) groups excluding carboxylic acids is 2. The maximum atomic E-state index is 14.4. The Bertz CT molecular complexity index is 1570. The second-order valence-corrected chi connectivity index (χ2v) is 10.8. The zero-order valence-electron chi connectivity index (χ0n) is 22.4. The first-order chi connectivity index (χ1) is 18.9. The van der Waals surface area contributed by atoms with Crippen LogP contribution < -0.4 is 5.32 Å².